The molecule has 2 atom stereocenters. The SMILES string of the molecule is Cc1ccc(CCC(=O)N2C[C@H](C(N)=O)CC[C@H]2C)cc1Cl. The van der Waals surface area contributed by atoms with E-state index in [1.54, 1.807) is 4.90 Å². The highest BCUT2D eigenvalue weighted by Crippen LogP contribution is 2.23. The van der Waals surface area contributed by atoms with Crippen molar-refractivity contribution in [2.45, 2.75) is 45.6 Å². The smallest absolute Gasteiger partial charge is 0.223 e. The Morgan fingerprint density at radius 2 is 2.09 bits per heavy atom. The van der Waals surface area contributed by atoms with Crippen LogP contribution in [0.25, 0.3) is 0 Å². The van der Waals surface area contributed by atoms with Crippen LogP contribution >= 0.6 is 11.6 Å². The number of rotatable bonds is 4. The molecular weight excluding hydrogens is 300 g/mol. The molecule has 1 aromatic rings. The number of nitrogens with zero attached hydrogens (tertiary/aromatic N) is 1. The predicted octanol–water partition coefficient (Wildman–Crippen LogP) is 2.69. The van der Waals surface area contributed by atoms with Gasteiger partial charge in [-0.1, -0.05) is 23.7 Å². The number of nitrogens with two attached hydrogens (primary N) is 1. The molecule has 0 aromatic heterocycles. The number of hydrogen-bond donors (Lipinski definition) is 1. The van der Waals surface area contributed by atoms with Crippen LogP contribution in [0.5, 0.6) is 0 Å². The number of piperidine rings is 1. The minimum absolute atomic E-state index is 0.0788. The largest absolute Gasteiger partial charge is 0.369 e. The van der Waals surface area contributed by atoms with Gasteiger partial charge in [0.2, 0.25) is 11.8 Å². The summed E-state index contributed by atoms with van der Waals surface area (Å²) in [4.78, 5) is 25.6. The van der Waals surface area contributed by atoms with E-state index >= 15 is 0 Å². The van der Waals surface area contributed by atoms with Crippen molar-refractivity contribution >= 4 is 23.4 Å². The molecule has 22 heavy (non-hydrogen) atoms. The minimum Gasteiger partial charge on any atom is -0.369 e. The summed E-state index contributed by atoms with van der Waals surface area (Å²) < 4.78 is 0. The fourth-order valence-electron chi connectivity index (χ4n) is 2.87. The van der Waals surface area contributed by atoms with Gasteiger partial charge in [0.25, 0.3) is 0 Å². The number of benzene rings is 1. The van der Waals surface area contributed by atoms with Crippen LogP contribution in [0, 0.1) is 12.8 Å². The second-order valence-electron chi connectivity index (χ2n) is 6.16. The molecule has 120 valence electrons. The van der Waals surface area contributed by atoms with Gasteiger partial charge in [0.05, 0.1) is 5.92 Å². The number of halogens is 1. The van der Waals surface area contributed by atoms with E-state index in [1.807, 2.05) is 32.0 Å². The number of carbonyl (C=O) groups is 2. The maximum absolute atomic E-state index is 12.4. The predicted molar refractivity (Wildman–Crippen MR) is 87.6 cm³/mol. The molecule has 0 unspecified atom stereocenters. The lowest BCUT2D eigenvalue weighted by molar-refractivity contribution is -0.137. The topological polar surface area (TPSA) is 63.4 Å². The lowest BCUT2D eigenvalue weighted by Crippen LogP contribution is -2.48. The highest BCUT2D eigenvalue weighted by Gasteiger charge is 2.31. The van der Waals surface area contributed by atoms with Crippen molar-refractivity contribution in [2.75, 3.05) is 6.54 Å². The molecule has 1 aromatic carbocycles. The average molecular weight is 323 g/mol. The van der Waals surface area contributed by atoms with Gasteiger partial charge in [-0.05, 0) is 50.3 Å². The molecule has 5 heteroatoms. The van der Waals surface area contributed by atoms with Gasteiger partial charge in [0.1, 0.15) is 0 Å². The summed E-state index contributed by atoms with van der Waals surface area (Å²) in [6, 6.07) is 6.05. The number of likely N-dealkylation sites (tertiary alicyclic amines) is 1. The fraction of sp³-hybridized carbons (Fsp3) is 0.529. The first kappa shape index (κ1) is 16.8. The normalized spacial score (nSPS) is 21.7. The molecule has 4 nitrogen and oxygen atoms in total. The molecule has 1 aliphatic rings. The third-order valence-corrected chi connectivity index (χ3v) is 4.88. The molecular formula is C17H23ClN2O2. The van der Waals surface area contributed by atoms with Gasteiger partial charge in [-0.25, -0.2) is 0 Å². The maximum atomic E-state index is 12.4. The molecule has 2 N–H and O–H groups in total. The Morgan fingerprint density at radius 1 is 1.36 bits per heavy atom. The lowest BCUT2D eigenvalue weighted by atomic mass is 9.92. The van der Waals surface area contributed by atoms with Gasteiger partial charge in [-0.15, -0.1) is 0 Å². The molecule has 1 saturated heterocycles. The summed E-state index contributed by atoms with van der Waals surface area (Å²) >= 11 is 6.11. The fourth-order valence-corrected chi connectivity index (χ4v) is 3.08. The molecule has 2 rings (SSSR count). The standard InChI is InChI=1S/C17H23ClN2O2/c1-11-3-5-13(9-15(11)18)6-8-16(21)20-10-14(17(19)22)7-4-12(20)2/h3,5,9,12,14H,4,6-8,10H2,1-2H3,(H2,19,22)/t12-,14-/m1/s1. The molecule has 1 heterocycles. The third-order valence-electron chi connectivity index (χ3n) is 4.47. The molecule has 0 bridgehead atoms. The molecule has 0 saturated carbocycles. The van der Waals surface area contributed by atoms with Crippen molar-refractivity contribution in [1.29, 1.82) is 0 Å². The van der Waals surface area contributed by atoms with E-state index < -0.39 is 0 Å². The number of hydrogen-bond acceptors (Lipinski definition) is 2. The molecule has 0 radical (unpaired) electrons. The highest BCUT2D eigenvalue weighted by atomic mass is 35.5. The van der Waals surface area contributed by atoms with Gasteiger partial charge in [-0.2, -0.15) is 0 Å². The van der Waals surface area contributed by atoms with Gasteiger partial charge in [-0.3, -0.25) is 9.59 Å². The van der Waals surface area contributed by atoms with Crippen molar-refractivity contribution in [3.63, 3.8) is 0 Å². The number of amides is 2. The van der Waals surface area contributed by atoms with Crippen LogP contribution in [0.4, 0.5) is 0 Å². The quantitative estimate of drug-likeness (QED) is 0.926. The van der Waals surface area contributed by atoms with Crippen LogP contribution in [0.2, 0.25) is 5.02 Å². The zero-order valence-electron chi connectivity index (χ0n) is 13.1. The van der Waals surface area contributed by atoms with E-state index in [9.17, 15) is 9.59 Å². The van der Waals surface area contributed by atoms with E-state index in [-0.39, 0.29) is 23.8 Å². The molecule has 2 amide bonds. The first-order valence-electron chi connectivity index (χ1n) is 7.72. The molecule has 0 aliphatic carbocycles. The van der Waals surface area contributed by atoms with Crippen LogP contribution < -0.4 is 5.73 Å². The van der Waals surface area contributed by atoms with Crippen molar-refractivity contribution in [1.82, 2.24) is 4.90 Å². The van der Waals surface area contributed by atoms with E-state index in [0.29, 0.717) is 19.4 Å². The summed E-state index contributed by atoms with van der Waals surface area (Å²) in [6.07, 6.45) is 2.68. The average Bonchev–Trinajstić information content (AvgIpc) is 2.48. The Bertz CT molecular complexity index is 574. The van der Waals surface area contributed by atoms with Gasteiger partial charge < -0.3 is 10.6 Å². The van der Waals surface area contributed by atoms with Gasteiger partial charge >= 0.3 is 0 Å². The zero-order valence-corrected chi connectivity index (χ0v) is 13.9. The summed E-state index contributed by atoms with van der Waals surface area (Å²) in [5.74, 6) is -0.445. The van der Waals surface area contributed by atoms with Crippen molar-refractivity contribution in [2.24, 2.45) is 11.7 Å². The second-order valence-corrected chi connectivity index (χ2v) is 6.56. The Kier molecular flexibility index (Phi) is 5.46. The first-order valence-corrected chi connectivity index (χ1v) is 8.10. The van der Waals surface area contributed by atoms with Crippen molar-refractivity contribution in [3.05, 3.63) is 34.3 Å². The summed E-state index contributed by atoms with van der Waals surface area (Å²) in [5.41, 5.74) is 7.47. The van der Waals surface area contributed by atoms with Crippen LogP contribution in [0.3, 0.4) is 0 Å². The Morgan fingerprint density at radius 3 is 2.73 bits per heavy atom. The van der Waals surface area contributed by atoms with Crippen molar-refractivity contribution < 1.29 is 9.59 Å². The first-order chi connectivity index (χ1) is 10.4. The third kappa shape index (κ3) is 4.01. The Hall–Kier alpha value is -1.55. The summed E-state index contributed by atoms with van der Waals surface area (Å²) in [5, 5.41) is 0.727. The van der Waals surface area contributed by atoms with E-state index in [0.717, 1.165) is 29.0 Å². The van der Waals surface area contributed by atoms with Crippen LogP contribution in [0.15, 0.2) is 18.2 Å². The lowest BCUT2D eigenvalue weighted by Gasteiger charge is -2.37. The van der Waals surface area contributed by atoms with Gasteiger partial charge in [0.15, 0.2) is 0 Å². The van der Waals surface area contributed by atoms with E-state index in [1.165, 1.54) is 0 Å². The Balaban J connectivity index is 1.95. The van der Waals surface area contributed by atoms with Crippen LogP contribution in [-0.2, 0) is 16.0 Å². The summed E-state index contributed by atoms with van der Waals surface area (Å²) in [7, 11) is 0. The zero-order chi connectivity index (χ0) is 16.3. The molecule has 1 fully saturated rings. The van der Waals surface area contributed by atoms with E-state index in [4.69, 9.17) is 17.3 Å². The van der Waals surface area contributed by atoms with Crippen molar-refractivity contribution in [3.8, 4) is 0 Å². The monoisotopic (exact) mass is 322 g/mol. The molecule has 0 spiro atoms. The summed E-state index contributed by atoms with van der Waals surface area (Å²) in [6.45, 7) is 4.43. The maximum Gasteiger partial charge on any atom is 0.223 e. The minimum atomic E-state index is -0.310. The van der Waals surface area contributed by atoms with E-state index in [2.05, 4.69) is 0 Å². The molecule has 1 aliphatic heterocycles. The Labute approximate surface area is 136 Å². The van der Waals surface area contributed by atoms with Gasteiger partial charge in [0, 0.05) is 24.0 Å². The number of primary amides is 1. The second kappa shape index (κ2) is 7.14. The van der Waals surface area contributed by atoms with Crippen LogP contribution in [0.1, 0.15) is 37.3 Å². The number of carbonyl (C=O) groups excluding carboxylic acids is 2. The number of aryl methyl sites for hydroxylation is 2. The van der Waals surface area contributed by atoms with Crippen LogP contribution in [-0.4, -0.2) is 29.3 Å². The highest BCUT2D eigenvalue weighted by molar-refractivity contribution is 6.31.